The summed E-state index contributed by atoms with van der Waals surface area (Å²) in [5.41, 5.74) is 0.982. The summed E-state index contributed by atoms with van der Waals surface area (Å²) < 4.78 is 0. The van der Waals surface area contributed by atoms with Gasteiger partial charge in [-0.1, -0.05) is 12.7 Å². The number of anilines is 2. The zero-order chi connectivity index (χ0) is 14.7. The third kappa shape index (κ3) is 2.89. The Morgan fingerprint density at radius 3 is 3.29 bits per heavy atom. The van der Waals surface area contributed by atoms with Gasteiger partial charge in [0.15, 0.2) is 0 Å². The van der Waals surface area contributed by atoms with Crippen LogP contribution in [0.1, 0.15) is 18.4 Å². The zero-order valence-corrected chi connectivity index (χ0v) is 11.9. The topological polar surface area (TPSA) is 70.2 Å². The van der Waals surface area contributed by atoms with E-state index in [1.807, 2.05) is 17.1 Å². The third-order valence-electron chi connectivity index (χ3n) is 3.80. The van der Waals surface area contributed by atoms with Gasteiger partial charge in [0.2, 0.25) is 5.91 Å². The second-order valence-electron chi connectivity index (χ2n) is 5.24. The molecule has 1 aromatic heterocycles. The zero-order valence-electron chi connectivity index (χ0n) is 11.9. The lowest BCUT2D eigenvalue weighted by Crippen LogP contribution is -2.44. The number of nitrogens with one attached hydrogen (secondary N) is 2. The van der Waals surface area contributed by atoms with Crippen LogP contribution < -0.4 is 10.6 Å². The molecule has 1 fully saturated rings. The number of rotatable bonds is 3. The van der Waals surface area contributed by atoms with Crippen molar-refractivity contribution in [2.45, 2.75) is 18.9 Å². The van der Waals surface area contributed by atoms with Crippen LogP contribution in [0.2, 0.25) is 0 Å². The van der Waals surface area contributed by atoms with Crippen LogP contribution in [-0.4, -0.2) is 46.5 Å². The number of likely N-dealkylation sites (tertiary alicyclic amines) is 1. The highest BCUT2D eigenvalue weighted by molar-refractivity contribution is 5.87. The Kier molecular flexibility index (Phi) is 3.85. The fraction of sp³-hybridized carbons (Fsp3) is 0.400. The molecular weight excluding hydrogens is 266 g/mol. The van der Waals surface area contributed by atoms with Gasteiger partial charge < -0.3 is 15.5 Å². The summed E-state index contributed by atoms with van der Waals surface area (Å²) in [6.45, 7) is 5.82. The number of carbonyl (C=O) groups is 1. The average molecular weight is 285 g/mol. The lowest BCUT2D eigenvalue weighted by molar-refractivity contribution is -0.127. The molecule has 110 valence electrons. The summed E-state index contributed by atoms with van der Waals surface area (Å²) in [5.74, 6) is 1.67. The fourth-order valence-corrected chi connectivity index (χ4v) is 2.76. The van der Waals surface area contributed by atoms with Gasteiger partial charge in [0.05, 0.1) is 5.56 Å². The van der Waals surface area contributed by atoms with E-state index in [1.54, 1.807) is 6.33 Å². The molecule has 0 aliphatic carbocycles. The van der Waals surface area contributed by atoms with E-state index < -0.39 is 0 Å². The van der Waals surface area contributed by atoms with Crippen LogP contribution in [0.3, 0.4) is 0 Å². The maximum Gasteiger partial charge on any atom is 0.246 e. The molecule has 1 aromatic rings. The fourth-order valence-electron chi connectivity index (χ4n) is 2.76. The second-order valence-corrected chi connectivity index (χ2v) is 5.24. The van der Waals surface area contributed by atoms with Crippen LogP contribution in [-0.2, 0) is 4.79 Å². The van der Waals surface area contributed by atoms with Gasteiger partial charge in [-0.3, -0.25) is 4.79 Å². The number of amides is 1. The van der Waals surface area contributed by atoms with E-state index in [1.165, 1.54) is 6.08 Å². The van der Waals surface area contributed by atoms with Gasteiger partial charge in [-0.25, -0.2) is 9.97 Å². The predicted octanol–water partition coefficient (Wildman–Crippen LogP) is 1.50. The quantitative estimate of drug-likeness (QED) is 0.824. The lowest BCUT2D eigenvalue weighted by Gasteiger charge is -2.33. The van der Waals surface area contributed by atoms with Crippen LogP contribution in [0.15, 0.2) is 25.1 Å². The first-order valence-corrected chi connectivity index (χ1v) is 7.21. The lowest BCUT2D eigenvalue weighted by atomic mass is 10.0. The summed E-state index contributed by atoms with van der Waals surface area (Å²) in [4.78, 5) is 22.1. The Morgan fingerprint density at radius 1 is 1.52 bits per heavy atom. The molecule has 3 heterocycles. The maximum absolute atomic E-state index is 11.7. The molecule has 2 N–H and O–H groups in total. The molecule has 0 saturated carbocycles. The molecule has 1 saturated heterocycles. The summed E-state index contributed by atoms with van der Waals surface area (Å²) in [5, 5.41) is 6.67. The van der Waals surface area contributed by atoms with Crippen molar-refractivity contribution in [2.24, 2.45) is 0 Å². The molecule has 6 heteroatoms. The summed E-state index contributed by atoms with van der Waals surface area (Å²) in [6.07, 6.45) is 9.02. The van der Waals surface area contributed by atoms with Crippen LogP contribution >= 0.6 is 0 Å². The second kappa shape index (κ2) is 5.95. The van der Waals surface area contributed by atoms with Crippen LogP contribution in [0.4, 0.5) is 11.6 Å². The molecule has 3 rings (SSSR count). The van der Waals surface area contributed by atoms with Crippen LogP contribution in [0, 0.1) is 0 Å². The van der Waals surface area contributed by atoms with Gasteiger partial charge in [0, 0.05) is 25.7 Å². The molecule has 0 bridgehead atoms. The Balaban J connectivity index is 1.74. The van der Waals surface area contributed by atoms with Gasteiger partial charge >= 0.3 is 0 Å². The van der Waals surface area contributed by atoms with Crippen molar-refractivity contribution in [3.63, 3.8) is 0 Å². The summed E-state index contributed by atoms with van der Waals surface area (Å²) in [7, 11) is 0. The number of hydrogen-bond donors (Lipinski definition) is 2. The first-order chi connectivity index (χ1) is 10.3. The highest BCUT2D eigenvalue weighted by Gasteiger charge is 2.23. The molecule has 0 aromatic carbocycles. The van der Waals surface area contributed by atoms with E-state index in [2.05, 4.69) is 27.2 Å². The van der Waals surface area contributed by atoms with Crippen molar-refractivity contribution >= 4 is 23.6 Å². The smallest absolute Gasteiger partial charge is 0.246 e. The minimum Gasteiger partial charge on any atom is -0.366 e. The number of aromatic nitrogens is 2. The Bertz CT molecular complexity index is 583. The first kappa shape index (κ1) is 13.6. The minimum atomic E-state index is -0.00669. The van der Waals surface area contributed by atoms with Gasteiger partial charge in [0.25, 0.3) is 0 Å². The average Bonchev–Trinajstić information content (AvgIpc) is 2.55. The molecule has 2 aliphatic heterocycles. The standard InChI is InChI=1S/C15H19N5O/c1-2-13(21)20-8-4-5-11(9-20)19-15-12-6-3-7-16-14(12)17-10-18-15/h2-3,6,10-11H,1,4-5,7-9H2,(H2,16,17,18,19)/t11-/m1/s1. The van der Waals surface area contributed by atoms with E-state index in [-0.39, 0.29) is 11.9 Å². The number of hydrogen-bond acceptors (Lipinski definition) is 5. The van der Waals surface area contributed by atoms with Crippen molar-refractivity contribution in [2.75, 3.05) is 30.3 Å². The van der Waals surface area contributed by atoms with Crippen molar-refractivity contribution in [3.05, 3.63) is 30.6 Å². The Labute approximate surface area is 124 Å². The van der Waals surface area contributed by atoms with Gasteiger partial charge in [-0.15, -0.1) is 0 Å². The molecule has 6 nitrogen and oxygen atoms in total. The highest BCUT2D eigenvalue weighted by Crippen LogP contribution is 2.25. The minimum absolute atomic E-state index is 0.00669. The predicted molar refractivity (Wildman–Crippen MR) is 83.0 cm³/mol. The van der Waals surface area contributed by atoms with E-state index in [9.17, 15) is 4.79 Å². The molecule has 1 amide bonds. The number of nitrogens with zero attached hydrogens (tertiary/aromatic N) is 3. The van der Waals surface area contributed by atoms with Gasteiger partial charge in [-0.2, -0.15) is 0 Å². The largest absolute Gasteiger partial charge is 0.366 e. The summed E-state index contributed by atoms with van der Waals surface area (Å²) in [6, 6.07) is 0.206. The van der Waals surface area contributed by atoms with E-state index in [0.717, 1.165) is 43.1 Å². The van der Waals surface area contributed by atoms with Crippen molar-refractivity contribution in [1.29, 1.82) is 0 Å². The first-order valence-electron chi connectivity index (χ1n) is 7.21. The molecule has 0 spiro atoms. The normalized spacial score (nSPS) is 20.4. The van der Waals surface area contributed by atoms with Crippen molar-refractivity contribution < 1.29 is 4.79 Å². The SMILES string of the molecule is C=CC(=O)N1CCC[C@@H](Nc2ncnc3c2C=CCN3)C1. The van der Waals surface area contributed by atoms with Crippen LogP contribution in [0.5, 0.6) is 0 Å². The van der Waals surface area contributed by atoms with Gasteiger partial charge in [0.1, 0.15) is 18.0 Å². The molecule has 21 heavy (non-hydrogen) atoms. The number of carbonyl (C=O) groups excluding carboxylic acids is 1. The summed E-state index contributed by atoms with van der Waals surface area (Å²) >= 11 is 0. The molecular formula is C15H19N5O. The molecule has 2 aliphatic rings. The monoisotopic (exact) mass is 285 g/mol. The van der Waals surface area contributed by atoms with E-state index in [4.69, 9.17) is 0 Å². The number of fused-ring (bicyclic) bond motifs is 1. The van der Waals surface area contributed by atoms with Crippen molar-refractivity contribution in [1.82, 2.24) is 14.9 Å². The third-order valence-corrected chi connectivity index (χ3v) is 3.80. The molecule has 0 radical (unpaired) electrons. The number of piperidine rings is 1. The maximum atomic E-state index is 11.7. The van der Waals surface area contributed by atoms with Gasteiger partial charge in [-0.05, 0) is 25.0 Å². The van der Waals surface area contributed by atoms with Crippen molar-refractivity contribution in [3.8, 4) is 0 Å². The Hall–Kier alpha value is -2.37. The van der Waals surface area contributed by atoms with Crippen LogP contribution in [0.25, 0.3) is 6.08 Å². The van der Waals surface area contributed by atoms with E-state index >= 15 is 0 Å². The molecule has 0 unspecified atom stereocenters. The van der Waals surface area contributed by atoms with E-state index in [0.29, 0.717) is 6.54 Å². The highest BCUT2D eigenvalue weighted by atomic mass is 16.2. The molecule has 1 atom stereocenters. The Morgan fingerprint density at radius 2 is 2.43 bits per heavy atom.